The lowest BCUT2D eigenvalue weighted by Gasteiger charge is -2.30. The van der Waals surface area contributed by atoms with Crippen LogP contribution in [0.2, 0.25) is 0 Å². The molecule has 0 aliphatic carbocycles. The van der Waals surface area contributed by atoms with E-state index in [4.69, 9.17) is 10.5 Å². The van der Waals surface area contributed by atoms with Gasteiger partial charge in [0.15, 0.2) is 0 Å². The van der Waals surface area contributed by atoms with E-state index in [1.165, 1.54) is 5.69 Å². The van der Waals surface area contributed by atoms with Crippen molar-refractivity contribution >= 4 is 11.4 Å². The molecule has 0 spiro atoms. The van der Waals surface area contributed by atoms with Crippen LogP contribution in [0.1, 0.15) is 19.8 Å². The van der Waals surface area contributed by atoms with Crippen LogP contribution in [0.15, 0.2) is 24.3 Å². The summed E-state index contributed by atoms with van der Waals surface area (Å²) in [6.45, 7) is 4.99. The summed E-state index contributed by atoms with van der Waals surface area (Å²) in [4.78, 5) is 2.42. The fourth-order valence-corrected chi connectivity index (χ4v) is 2.23. The Balaban J connectivity index is 2.17. The van der Waals surface area contributed by atoms with Crippen molar-refractivity contribution in [2.45, 2.75) is 25.8 Å². The van der Waals surface area contributed by atoms with E-state index in [2.05, 4.69) is 17.9 Å². The summed E-state index contributed by atoms with van der Waals surface area (Å²) in [5, 5.41) is 0. The first-order valence-corrected chi connectivity index (χ1v) is 6.01. The van der Waals surface area contributed by atoms with Crippen molar-refractivity contribution in [2.75, 3.05) is 30.4 Å². The molecule has 1 aliphatic heterocycles. The quantitative estimate of drug-likeness (QED) is 0.791. The summed E-state index contributed by atoms with van der Waals surface area (Å²) in [6.07, 6.45) is 2.26. The second-order valence-corrected chi connectivity index (χ2v) is 4.31. The number of hydrogen-bond acceptors (Lipinski definition) is 3. The van der Waals surface area contributed by atoms with E-state index in [0.717, 1.165) is 38.3 Å². The van der Waals surface area contributed by atoms with Crippen molar-refractivity contribution < 1.29 is 4.74 Å². The second-order valence-electron chi connectivity index (χ2n) is 4.31. The van der Waals surface area contributed by atoms with E-state index in [-0.39, 0.29) is 0 Å². The first-order chi connectivity index (χ1) is 7.81. The second kappa shape index (κ2) is 5.21. The summed E-state index contributed by atoms with van der Waals surface area (Å²) in [7, 11) is 0. The molecular weight excluding hydrogens is 200 g/mol. The molecule has 0 radical (unpaired) electrons. The van der Waals surface area contributed by atoms with Crippen molar-refractivity contribution in [1.82, 2.24) is 0 Å². The molecule has 0 aromatic heterocycles. The average Bonchev–Trinajstić information content (AvgIpc) is 2.79. The van der Waals surface area contributed by atoms with Crippen molar-refractivity contribution in [3.8, 4) is 0 Å². The molecule has 1 unspecified atom stereocenters. The van der Waals surface area contributed by atoms with E-state index < -0.39 is 0 Å². The van der Waals surface area contributed by atoms with E-state index in [1.54, 1.807) is 0 Å². The molecule has 16 heavy (non-hydrogen) atoms. The number of nitrogens with two attached hydrogens (primary N) is 1. The lowest BCUT2D eigenvalue weighted by molar-refractivity contribution is 0.193. The van der Waals surface area contributed by atoms with Gasteiger partial charge in [-0.25, -0.2) is 0 Å². The topological polar surface area (TPSA) is 38.5 Å². The maximum atomic E-state index is 5.83. The highest BCUT2D eigenvalue weighted by molar-refractivity contribution is 5.56. The Morgan fingerprint density at radius 3 is 3.00 bits per heavy atom. The molecule has 3 nitrogen and oxygen atoms in total. The zero-order chi connectivity index (χ0) is 11.4. The summed E-state index contributed by atoms with van der Waals surface area (Å²) in [5.41, 5.74) is 7.88. The number of nitrogens with zero attached hydrogens (tertiary/aromatic N) is 1. The number of hydrogen-bond donors (Lipinski definition) is 1. The minimum Gasteiger partial charge on any atom is -0.399 e. The molecule has 0 saturated carbocycles. The van der Waals surface area contributed by atoms with Crippen LogP contribution in [0.25, 0.3) is 0 Å². The molecule has 1 saturated heterocycles. The number of benzene rings is 1. The molecule has 3 heteroatoms. The van der Waals surface area contributed by atoms with Gasteiger partial charge in [-0.2, -0.15) is 0 Å². The molecule has 0 bridgehead atoms. The minimum atomic E-state index is 0.516. The van der Waals surface area contributed by atoms with Gasteiger partial charge in [0, 0.05) is 24.5 Å². The average molecular weight is 220 g/mol. The van der Waals surface area contributed by atoms with Crippen LogP contribution in [0.4, 0.5) is 11.4 Å². The van der Waals surface area contributed by atoms with Crippen LogP contribution in [0.5, 0.6) is 0 Å². The Morgan fingerprint density at radius 2 is 2.38 bits per heavy atom. The molecule has 1 atom stereocenters. The van der Waals surface area contributed by atoms with Crippen molar-refractivity contribution in [2.24, 2.45) is 0 Å². The van der Waals surface area contributed by atoms with Crippen LogP contribution >= 0.6 is 0 Å². The van der Waals surface area contributed by atoms with Gasteiger partial charge in [0.1, 0.15) is 0 Å². The normalized spacial score (nSPS) is 19.9. The first-order valence-electron chi connectivity index (χ1n) is 6.01. The molecule has 2 rings (SSSR count). The number of rotatable bonds is 4. The van der Waals surface area contributed by atoms with Crippen molar-refractivity contribution in [3.63, 3.8) is 0 Å². The van der Waals surface area contributed by atoms with E-state index in [9.17, 15) is 0 Å². The van der Waals surface area contributed by atoms with Gasteiger partial charge in [-0.15, -0.1) is 0 Å². The van der Waals surface area contributed by atoms with Gasteiger partial charge >= 0.3 is 0 Å². The Hall–Kier alpha value is -1.22. The molecule has 1 fully saturated rings. The molecule has 2 N–H and O–H groups in total. The van der Waals surface area contributed by atoms with Crippen LogP contribution in [-0.2, 0) is 4.74 Å². The minimum absolute atomic E-state index is 0.516. The molecule has 1 aromatic rings. The highest BCUT2D eigenvalue weighted by Crippen LogP contribution is 2.23. The lowest BCUT2D eigenvalue weighted by Crippen LogP contribution is -2.36. The van der Waals surface area contributed by atoms with Gasteiger partial charge in [0.25, 0.3) is 0 Å². The number of anilines is 2. The van der Waals surface area contributed by atoms with Gasteiger partial charge < -0.3 is 15.4 Å². The Kier molecular flexibility index (Phi) is 3.67. The Labute approximate surface area is 97.2 Å². The third-order valence-corrected chi connectivity index (χ3v) is 3.01. The van der Waals surface area contributed by atoms with Gasteiger partial charge in [-0.3, -0.25) is 0 Å². The smallest absolute Gasteiger partial charge is 0.0670 e. The zero-order valence-corrected chi connectivity index (χ0v) is 9.86. The number of ether oxygens (including phenoxy) is 1. The third kappa shape index (κ3) is 2.47. The summed E-state index contributed by atoms with van der Waals surface area (Å²) >= 11 is 0. The standard InChI is InChI=1S/C13H20N2O/c1-2-7-15(13-6-8-16-10-13)12-5-3-4-11(14)9-12/h3-5,9,13H,2,6-8,10,14H2,1H3. The van der Waals surface area contributed by atoms with Crippen LogP contribution in [-0.4, -0.2) is 25.8 Å². The van der Waals surface area contributed by atoms with Crippen LogP contribution < -0.4 is 10.6 Å². The largest absolute Gasteiger partial charge is 0.399 e. The molecule has 1 aliphatic rings. The zero-order valence-electron chi connectivity index (χ0n) is 9.86. The maximum absolute atomic E-state index is 5.83. The highest BCUT2D eigenvalue weighted by atomic mass is 16.5. The summed E-state index contributed by atoms with van der Waals surface area (Å²) in [5.74, 6) is 0. The predicted octanol–water partition coefficient (Wildman–Crippen LogP) is 2.27. The van der Waals surface area contributed by atoms with E-state index >= 15 is 0 Å². The first kappa shape index (κ1) is 11.3. The maximum Gasteiger partial charge on any atom is 0.0670 e. The Bertz CT molecular complexity index is 334. The molecule has 1 aromatic carbocycles. The van der Waals surface area contributed by atoms with Gasteiger partial charge in [-0.1, -0.05) is 13.0 Å². The van der Waals surface area contributed by atoms with Gasteiger partial charge in [-0.05, 0) is 31.0 Å². The molecule has 88 valence electrons. The third-order valence-electron chi connectivity index (χ3n) is 3.01. The van der Waals surface area contributed by atoms with Crippen LogP contribution in [0, 0.1) is 0 Å². The molecule has 0 amide bonds. The van der Waals surface area contributed by atoms with Gasteiger partial charge in [0.05, 0.1) is 12.6 Å². The summed E-state index contributed by atoms with van der Waals surface area (Å²) in [6, 6.07) is 8.64. The SMILES string of the molecule is CCCN(c1cccc(N)c1)C1CCOC1. The molecular formula is C13H20N2O. The fraction of sp³-hybridized carbons (Fsp3) is 0.538. The van der Waals surface area contributed by atoms with Crippen molar-refractivity contribution in [3.05, 3.63) is 24.3 Å². The van der Waals surface area contributed by atoms with Crippen LogP contribution in [0.3, 0.4) is 0 Å². The highest BCUT2D eigenvalue weighted by Gasteiger charge is 2.22. The Morgan fingerprint density at radius 1 is 1.50 bits per heavy atom. The van der Waals surface area contributed by atoms with E-state index in [0.29, 0.717) is 6.04 Å². The lowest BCUT2D eigenvalue weighted by atomic mass is 10.1. The van der Waals surface area contributed by atoms with Crippen molar-refractivity contribution in [1.29, 1.82) is 0 Å². The van der Waals surface area contributed by atoms with Gasteiger partial charge in [0.2, 0.25) is 0 Å². The summed E-state index contributed by atoms with van der Waals surface area (Å²) < 4.78 is 5.46. The predicted molar refractivity (Wildman–Crippen MR) is 67.7 cm³/mol. The monoisotopic (exact) mass is 220 g/mol. The number of nitrogen functional groups attached to an aromatic ring is 1. The fourth-order valence-electron chi connectivity index (χ4n) is 2.23. The molecule has 1 heterocycles. The van der Waals surface area contributed by atoms with E-state index in [1.807, 2.05) is 18.2 Å².